The van der Waals surface area contributed by atoms with Crippen molar-refractivity contribution in [2.45, 2.75) is 26.8 Å². The fraction of sp³-hybridized carbons (Fsp3) is 0.250. The van der Waals surface area contributed by atoms with Gasteiger partial charge in [-0.1, -0.05) is 62.2 Å². The van der Waals surface area contributed by atoms with Crippen molar-refractivity contribution >= 4 is 34.8 Å². The van der Waals surface area contributed by atoms with E-state index < -0.39 is 0 Å². The first-order chi connectivity index (χ1) is 11.2. The SMILES string of the molecule is CC[C@H](C)Cn1c(/C=C/c2ccc(Cl)cc2)nc2ccccc21. The number of rotatable bonds is 5. The number of para-hydroxylation sites is 2. The maximum Gasteiger partial charge on any atom is 0.133 e. The highest BCUT2D eigenvalue weighted by Gasteiger charge is 2.10. The van der Waals surface area contributed by atoms with Gasteiger partial charge in [0, 0.05) is 11.6 Å². The summed E-state index contributed by atoms with van der Waals surface area (Å²) in [6, 6.07) is 16.2. The predicted molar refractivity (Wildman–Crippen MR) is 99.6 cm³/mol. The monoisotopic (exact) mass is 324 g/mol. The van der Waals surface area contributed by atoms with Crippen LogP contribution in [0.2, 0.25) is 5.02 Å². The van der Waals surface area contributed by atoms with Crippen LogP contribution in [0.15, 0.2) is 48.5 Å². The van der Waals surface area contributed by atoms with E-state index in [9.17, 15) is 0 Å². The Morgan fingerprint density at radius 3 is 2.57 bits per heavy atom. The molecule has 0 amide bonds. The average Bonchev–Trinajstić information content (AvgIpc) is 2.92. The van der Waals surface area contributed by atoms with Gasteiger partial charge in [0.25, 0.3) is 0 Å². The number of benzene rings is 2. The van der Waals surface area contributed by atoms with Gasteiger partial charge < -0.3 is 4.57 Å². The molecule has 0 radical (unpaired) electrons. The smallest absolute Gasteiger partial charge is 0.133 e. The third kappa shape index (κ3) is 3.65. The summed E-state index contributed by atoms with van der Waals surface area (Å²) >= 11 is 5.94. The van der Waals surface area contributed by atoms with Crippen LogP contribution in [0.1, 0.15) is 31.7 Å². The summed E-state index contributed by atoms with van der Waals surface area (Å²) in [5.74, 6) is 1.62. The van der Waals surface area contributed by atoms with Crippen molar-refractivity contribution in [3.63, 3.8) is 0 Å². The van der Waals surface area contributed by atoms with Crippen molar-refractivity contribution in [3.05, 3.63) is 64.9 Å². The summed E-state index contributed by atoms with van der Waals surface area (Å²) in [6.07, 6.45) is 5.34. The second-order valence-electron chi connectivity index (χ2n) is 5.97. The van der Waals surface area contributed by atoms with E-state index in [-0.39, 0.29) is 0 Å². The fourth-order valence-electron chi connectivity index (χ4n) is 2.60. The third-order valence-corrected chi connectivity index (χ3v) is 4.42. The lowest BCUT2D eigenvalue weighted by atomic mass is 10.1. The highest BCUT2D eigenvalue weighted by Crippen LogP contribution is 2.21. The molecule has 0 aliphatic heterocycles. The summed E-state index contributed by atoms with van der Waals surface area (Å²) in [5.41, 5.74) is 3.37. The van der Waals surface area contributed by atoms with Crippen LogP contribution in [0.4, 0.5) is 0 Å². The van der Waals surface area contributed by atoms with Crippen LogP contribution in [-0.2, 0) is 6.54 Å². The normalized spacial score (nSPS) is 13.0. The number of halogens is 1. The zero-order chi connectivity index (χ0) is 16.2. The van der Waals surface area contributed by atoms with E-state index in [1.165, 1.54) is 5.52 Å². The van der Waals surface area contributed by atoms with Gasteiger partial charge in [0.15, 0.2) is 0 Å². The lowest BCUT2D eigenvalue weighted by Gasteiger charge is -2.12. The highest BCUT2D eigenvalue weighted by molar-refractivity contribution is 6.30. The molecule has 2 nitrogen and oxygen atoms in total. The molecule has 1 atom stereocenters. The number of hydrogen-bond acceptors (Lipinski definition) is 1. The van der Waals surface area contributed by atoms with Gasteiger partial charge in [-0.15, -0.1) is 0 Å². The van der Waals surface area contributed by atoms with Gasteiger partial charge in [-0.2, -0.15) is 0 Å². The van der Waals surface area contributed by atoms with E-state index in [2.05, 4.69) is 48.8 Å². The molecule has 23 heavy (non-hydrogen) atoms. The highest BCUT2D eigenvalue weighted by atomic mass is 35.5. The molecule has 0 N–H and O–H groups in total. The molecule has 3 rings (SSSR count). The summed E-state index contributed by atoms with van der Waals surface area (Å²) in [6.45, 7) is 5.49. The average molecular weight is 325 g/mol. The molecular weight excluding hydrogens is 304 g/mol. The first-order valence-electron chi connectivity index (χ1n) is 8.06. The first-order valence-corrected chi connectivity index (χ1v) is 8.44. The van der Waals surface area contributed by atoms with Crippen molar-refractivity contribution in [3.8, 4) is 0 Å². The van der Waals surface area contributed by atoms with E-state index in [0.717, 1.165) is 34.9 Å². The number of fused-ring (bicyclic) bond motifs is 1. The van der Waals surface area contributed by atoms with Crippen LogP contribution >= 0.6 is 11.6 Å². The summed E-state index contributed by atoms with van der Waals surface area (Å²) < 4.78 is 2.32. The van der Waals surface area contributed by atoms with Crippen molar-refractivity contribution < 1.29 is 0 Å². The quantitative estimate of drug-likeness (QED) is 0.570. The summed E-state index contributed by atoms with van der Waals surface area (Å²) in [5, 5.41) is 0.756. The molecular formula is C20H21ClN2. The molecule has 0 spiro atoms. The van der Waals surface area contributed by atoms with E-state index in [1.54, 1.807) is 0 Å². The van der Waals surface area contributed by atoms with Crippen LogP contribution in [0.25, 0.3) is 23.2 Å². The molecule has 0 aliphatic carbocycles. The molecule has 1 aromatic heterocycles. The molecule has 3 heteroatoms. The Balaban J connectivity index is 1.98. The number of nitrogens with zero attached hydrogens (tertiary/aromatic N) is 2. The Morgan fingerprint density at radius 1 is 1.09 bits per heavy atom. The van der Waals surface area contributed by atoms with Gasteiger partial charge in [-0.05, 0) is 41.8 Å². The van der Waals surface area contributed by atoms with Crippen LogP contribution in [0, 0.1) is 5.92 Å². The van der Waals surface area contributed by atoms with Crippen LogP contribution in [0.5, 0.6) is 0 Å². The van der Waals surface area contributed by atoms with Gasteiger partial charge in [0.2, 0.25) is 0 Å². The Bertz CT molecular complexity index is 815. The maximum atomic E-state index is 5.94. The number of hydrogen-bond donors (Lipinski definition) is 0. The van der Waals surface area contributed by atoms with Crippen LogP contribution < -0.4 is 0 Å². The van der Waals surface area contributed by atoms with E-state index in [4.69, 9.17) is 16.6 Å². The van der Waals surface area contributed by atoms with E-state index in [0.29, 0.717) is 5.92 Å². The fourth-order valence-corrected chi connectivity index (χ4v) is 2.72. The topological polar surface area (TPSA) is 17.8 Å². The minimum Gasteiger partial charge on any atom is -0.324 e. The second kappa shape index (κ2) is 7.01. The molecule has 0 unspecified atom stereocenters. The Kier molecular flexibility index (Phi) is 4.82. The summed E-state index contributed by atoms with van der Waals surface area (Å²) in [7, 11) is 0. The van der Waals surface area contributed by atoms with Crippen LogP contribution in [-0.4, -0.2) is 9.55 Å². The standard InChI is InChI=1S/C20H21ClN2/c1-3-15(2)14-23-19-7-5-4-6-18(19)22-20(23)13-10-16-8-11-17(21)12-9-16/h4-13,15H,3,14H2,1-2H3/b13-10+/t15-/m0/s1. The Morgan fingerprint density at radius 2 is 1.83 bits per heavy atom. The van der Waals surface area contributed by atoms with Crippen LogP contribution in [0.3, 0.4) is 0 Å². The molecule has 1 heterocycles. The molecule has 0 bridgehead atoms. The molecule has 0 aliphatic rings. The molecule has 2 aromatic carbocycles. The lowest BCUT2D eigenvalue weighted by Crippen LogP contribution is -2.08. The number of imidazole rings is 1. The zero-order valence-corrected chi connectivity index (χ0v) is 14.3. The van der Waals surface area contributed by atoms with Crippen molar-refractivity contribution in [1.29, 1.82) is 0 Å². The zero-order valence-electron chi connectivity index (χ0n) is 13.5. The van der Waals surface area contributed by atoms with Crippen molar-refractivity contribution in [2.24, 2.45) is 5.92 Å². The van der Waals surface area contributed by atoms with E-state index in [1.807, 2.05) is 30.3 Å². The molecule has 3 aromatic rings. The Hall–Kier alpha value is -2.06. The number of aromatic nitrogens is 2. The summed E-state index contributed by atoms with van der Waals surface area (Å²) in [4.78, 5) is 4.78. The van der Waals surface area contributed by atoms with Gasteiger partial charge in [0.1, 0.15) is 5.82 Å². The minimum absolute atomic E-state index is 0.621. The maximum absolute atomic E-state index is 5.94. The van der Waals surface area contributed by atoms with Crippen molar-refractivity contribution in [2.75, 3.05) is 0 Å². The van der Waals surface area contributed by atoms with Gasteiger partial charge in [-0.3, -0.25) is 0 Å². The third-order valence-electron chi connectivity index (χ3n) is 4.17. The molecule has 118 valence electrons. The predicted octanol–water partition coefficient (Wildman–Crippen LogP) is 5.91. The minimum atomic E-state index is 0.621. The van der Waals surface area contributed by atoms with Gasteiger partial charge in [0.05, 0.1) is 11.0 Å². The molecule has 0 fully saturated rings. The first kappa shape index (κ1) is 15.8. The largest absolute Gasteiger partial charge is 0.324 e. The van der Waals surface area contributed by atoms with Gasteiger partial charge in [-0.25, -0.2) is 4.98 Å². The second-order valence-corrected chi connectivity index (χ2v) is 6.40. The lowest BCUT2D eigenvalue weighted by molar-refractivity contribution is 0.474. The Labute approximate surface area is 142 Å². The van der Waals surface area contributed by atoms with E-state index >= 15 is 0 Å². The molecule has 0 saturated carbocycles. The molecule has 0 saturated heterocycles. The van der Waals surface area contributed by atoms with Crippen molar-refractivity contribution in [1.82, 2.24) is 9.55 Å². The van der Waals surface area contributed by atoms with Gasteiger partial charge >= 0.3 is 0 Å².